The van der Waals surface area contributed by atoms with Crippen LogP contribution in [0.3, 0.4) is 0 Å². The molecule has 0 aliphatic rings. The Morgan fingerprint density at radius 1 is 1.22 bits per heavy atom. The van der Waals surface area contributed by atoms with Gasteiger partial charge in [0.15, 0.2) is 0 Å². The quantitative estimate of drug-likeness (QED) is 0.511. The van der Waals surface area contributed by atoms with Crippen LogP contribution in [-0.4, -0.2) is 37.5 Å². The van der Waals surface area contributed by atoms with E-state index in [0.717, 1.165) is 11.1 Å². The van der Waals surface area contributed by atoms with Gasteiger partial charge in [0.2, 0.25) is 0 Å². The number of carbonyl (C=O) groups is 1. The Kier molecular flexibility index (Phi) is 4.98. The molecular weight excluding hydrogens is 346 g/mol. The fourth-order valence-corrected chi connectivity index (χ4v) is 2.78. The maximum absolute atomic E-state index is 12.9. The number of benzene rings is 2. The molecule has 27 heavy (non-hydrogen) atoms. The number of aromatic nitrogens is 3. The second-order valence-corrected chi connectivity index (χ2v) is 6.30. The normalized spacial score (nSPS) is 11.8. The summed E-state index contributed by atoms with van der Waals surface area (Å²) in [4.78, 5) is 29.2. The third kappa shape index (κ3) is 3.69. The standard InChI is InChI=1S/C19H19N5O3/c1-13-4-6-15(7-5-13)14(2)22(3)19(25)16-8-9-17(18(10-16)24(26)27)23-12-20-11-21-23/h4-12,14H,1-3H3. The molecule has 1 aromatic heterocycles. The van der Waals surface area contributed by atoms with Crippen LogP contribution in [-0.2, 0) is 0 Å². The van der Waals surface area contributed by atoms with Crippen LogP contribution in [0.25, 0.3) is 5.69 Å². The Morgan fingerprint density at radius 3 is 2.52 bits per heavy atom. The molecule has 1 heterocycles. The van der Waals surface area contributed by atoms with Crippen molar-refractivity contribution < 1.29 is 9.72 Å². The monoisotopic (exact) mass is 365 g/mol. The largest absolute Gasteiger partial charge is 0.335 e. The van der Waals surface area contributed by atoms with Crippen molar-refractivity contribution in [3.05, 3.63) is 81.9 Å². The average molecular weight is 365 g/mol. The minimum atomic E-state index is -0.531. The Labute approximate surface area is 156 Å². The summed E-state index contributed by atoms with van der Waals surface area (Å²) in [5.41, 5.74) is 2.42. The number of nitro groups is 1. The number of carbonyl (C=O) groups excluding carboxylic acids is 1. The highest BCUT2D eigenvalue weighted by atomic mass is 16.6. The van der Waals surface area contributed by atoms with Gasteiger partial charge in [-0.2, -0.15) is 5.10 Å². The maximum atomic E-state index is 12.9. The number of rotatable bonds is 5. The minimum absolute atomic E-state index is 0.174. The summed E-state index contributed by atoms with van der Waals surface area (Å²) in [5.74, 6) is -0.295. The first kappa shape index (κ1) is 18.2. The van der Waals surface area contributed by atoms with E-state index in [1.807, 2.05) is 38.1 Å². The third-order valence-corrected chi connectivity index (χ3v) is 4.55. The first-order chi connectivity index (χ1) is 12.9. The second kappa shape index (κ2) is 7.36. The molecule has 0 radical (unpaired) electrons. The number of aryl methyl sites for hydroxylation is 1. The molecule has 0 saturated carbocycles. The molecular formula is C19H19N5O3. The number of hydrogen-bond acceptors (Lipinski definition) is 5. The van der Waals surface area contributed by atoms with E-state index in [1.54, 1.807) is 18.0 Å². The van der Waals surface area contributed by atoms with Crippen LogP contribution in [0.5, 0.6) is 0 Å². The minimum Gasteiger partial charge on any atom is -0.335 e. The van der Waals surface area contributed by atoms with Gasteiger partial charge in [-0.15, -0.1) is 0 Å². The molecule has 138 valence electrons. The number of nitrogens with zero attached hydrogens (tertiary/aromatic N) is 5. The van der Waals surface area contributed by atoms with Gasteiger partial charge in [-0.05, 0) is 31.5 Å². The Hall–Kier alpha value is -3.55. The summed E-state index contributed by atoms with van der Waals surface area (Å²) in [5, 5.41) is 15.4. The van der Waals surface area contributed by atoms with E-state index < -0.39 is 4.92 Å². The van der Waals surface area contributed by atoms with E-state index in [9.17, 15) is 14.9 Å². The molecule has 2 aromatic carbocycles. The zero-order valence-electron chi connectivity index (χ0n) is 15.2. The maximum Gasteiger partial charge on any atom is 0.295 e. The zero-order chi connectivity index (χ0) is 19.6. The molecule has 0 fully saturated rings. The molecule has 0 spiro atoms. The molecule has 0 N–H and O–H groups in total. The number of nitro benzene ring substituents is 1. The zero-order valence-corrected chi connectivity index (χ0v) is 15.2. The first-order valence-electron chi connectivity index (χ1n) is 8.35. The highest BCUT2D eigenvalue weighted by Crippen LogP contribution is 2.26. The Balaban J connectivity index is 1.91. The molecule has 1 atom stereocenters. The van der Waals surface area contributed by atoms with E-state index in [1.165, 1.54) is 29.5 Å². The molecule has 3 aromatic rings. The van der Waals surface area contributed by atoms with Crippen LogP contribution in [0.2, 0.25) is 0 Å². The van der Waals surface area contributed by atoms with E-state index in [-0.39, 0.29) is 28.9 Å². The fraction of sp³-hybridized carbons (Fsp3) is 0.211. The summed E-state index contributed by atoms with van der Waals surface area (Å²) >= 11 is 0. The van der Waals surface area contributed by atoms with E-state index in [4.69, 9.17) is 0 Å². The van der Waals surface area contributed by atoms with Gasteiger partial charge in [0.25, 0.3) is 11.6 Å². The average Bonchev–Trinajstić information content (AvgIpc) is 3.21. The van der Waals surface area contributed by atoms with Crippen molar-refractivity contribution in [3.63, 3.8) is 0 Å². The Bertz CT molecular complexity index is 968. The van der Waals surface area contributed by atoms with Crippen molar-refractivity contribution >= 4 is 11.6 Å². The first-order valence-corrected chi connectivity index (χ1v) is 8.35. The van der Waals surface area contributed by atoms with Gasteiger partial charge in [0, 0.05) is 18.7 Å². The SMILES string of the molecule is Cc1ccc(C(C)N(C)C(=O)c2ccc(-n3cncn3)c([N+](=O)[O-])c2)cc1. The Morgan fingerprint density at radius 2 is 1.93 bits per heavy atom. The van der Waals surface area contributed by atoms with Crippen LogP contribution in [0.4, 0.5) is 5.69 Å². The summed E-state index contributed by atoms with van der Waals surface area (Å²) in [7, 11) is 1.68. The van der Waals surface area contributed by atoms with Crippen LogP contribution in [0.15, 0.2) is 55.1 Å². The molecule has 1 unspecified atom stereocenters. The van der Waals surface area contributed by atoms with Crippen molar-refractivity contribution in [2.75, 3.05) is 7.05 Å². The molecule has 0 bridgehead atoms. The topological polar surface area (TPSA) is 94.2 Å². The lowest BCUT2D eigenvalue weighted by Crippen LogP contribution is -2.29. The van der Waals surface area contributed by atoms with E-state index in [2.05, 4.69) is 10.1 Å². The third-order valence-electron chi connectivity index (χ3n) is 4.55. The summed E-state index contributed by atoms with van der Waals surface area (Å²) < 4.78 is 1.30. The van der Waals surface area contributed by atoms with E-state index >= 15 is 0 Å². The predicted molar refractivity (Wildman–Crippen MR) is 99.7 cm³/mol. The lowest BCUT2D eigenvalue weighted by atomic mass is 10.0. The van der Waals surface area contributed by atoms with Gasteiger partial charge in [-0.1, -0.05) is 29.8 Å². The van der Waals surface area contributed by atoms with Gasteiger partial charge in [-0.25, -0.2) is 9.67 Å². The van der Waals surface area contributed by atoms with Crippen LogP contribution >= 0.6 is 0 Å². The smallest absolute Gasteiger partial charge is 0.295 e. The molecule has 0 saturated heterocycles. The highest BCUT2D eigenvalue weighted by Gasteiger charge is 2.23. The van der Waals surface area contributed by atoms with Crippen molar-refractivity contribution in [3.8, 4) is 5.69 Å². The second-order valence-electron chi connectivity index (χ2n) is 6.30. The van der Waals surface area contributed by atoms with Gasteiger partial charge >= 0.3 is 0 Å². The van der Waals surface area contributed by atoms with Gasteiger partial charge < -0.3 is 4.90 Å². The van der Waals surface area contributed by atoms with Crippen molar-refractivity contribution in [2.45, 2.75) is 19.9 Å². The summed E-state index contributed by atoms with van der Waals surface area (Å²) in [6.45, 7) is 3.92. The van der Waals surface area contributed by atoms with Crippen LogP contribution in [0.1, 0.15) is 34.5 Å². The van der Waals surface area contributed by atoms with Gasteiger partial charge in [-0.3, -0.25) is 14.9 Å². The van der Waals surface area contributed by atoms with Crippen molar-refractivity contribution in [1.29, 1.82) is 0 Å². The molecule has 8 nitrogen and oxygen atoms in total. The highest BCUT2D eigenvalue weighted by molar-refractivity contribution is 5.95. The lowest BCUT2D eigenvalue weighted by Gasteiger charge is -2.25. The molecule has 3 rings (SSSR count). The van der Waals surface area contributed by atoms with Gasteiger partial charge in [0.1, 0.15) is 18.3 Å². The number of hydrogen-bond donors (Lipinski definition) is 0. The van der Waals surface area contributed by atoms with Crippen LogP contribution < -0.4 is 0 Å². The van der Waals surface area contributed by atoms with Gasteiger partial charge in [0.05, 0.1) is 11.0 Å². The van der Waals surface area contributed by atoms with Crippen molar-refractivity contribution in [1.82, 2.24) is 19.7 Å². The lowest BCUT2D eigenvalue weighted by molar-refractivity contribution is -0.384. The predicted octanol–water partition coefficient (Wildman–Crippen LogP) is 3.32. The molecule has 1 amide bonds. The van der Waals surface area contributed by atoms with E-state index in [0.29, 0.717) is 0 Å². The van der Waals surface area contributed by atoms with Crippen LogP contribution in [0, 0.1) is 17.0 Å². The van der Waals surface area contributed by atoms with Crippen molar-refractivity contribution in [2.24, 2.45) is 0 Å². The summed E-state index contributed by atoms with van der Waals surface area (Å²) in [6, 6.07) is 12.1. The molecule has 0 aliphatic carbocycles. The fourth-order valence-electron chi connectivity index (χ4n) is 2.78. The summed E-state index contributed by atoms with van der Waals surface area (Å²) in [6.07, 6.45) is 2.66. The molecule has 8 heteroatoms. The molecule has 0 aliphatic heterocycles. The number of amides is 1.